The van der Waals surface area contributed by atoms with Crippen molar-refractivity contribution >= 4 is 5.97 Å². The first-order chi connectivity index (χ1) is 9.49. The van der Waals surface area contributed by atoms with Gasteiger partial charge in [-0.3, -0.25) is 9.69 Å². The standard InChI is InChI=1S/C16H25NO3/c1-5-17(6-2)14(16(18)19)11-13-9-7-8-10-15(13)20-12(3)4/h7-10,12,14H,5-6,11H2,1-4H3,(H,18,19). The highest BCUT2D eigenvalue weighted by atomic mass is 16.5. The quantitative estimate of drug-likeness (QED) is 0.795. The molecule has 0 heterocycles. The number of likely N-dealkylation sites (N-methyl/N-ethyl adjacent to an activating group) is 1. The lowest BCUT2D eigenvalue weighted by molar-refractivity contribution is -0.143. The molecule has 0 aliphatic heterocycles. The lowest BCUT2D eigenvalue weighted by Crippen LogP contribution is -2.42. The van der Waals surface area contributed by atoms with E-state index in [2.05, 4.69) is 0 Å². The molecular weight excluding hydrogens is 254 g/mol. The largest absolute Gasteiger partial charge is 0.491 e. The Kier molecular flexibility index (Phi) is 6.52. The lowest BCUT2D eigenvalue weighted by atomic mass is 10.0. The Morgan fingerprint density at radius 3 is 2.35 bits per heavy atom. The Morgan fingerprint density at radius 1 is 1.25 bits per heavy atom. The number of rotatable bonds is 8. The molecule has 0 radical (unpaired) electrons. The van der Waals surface area contributed by atoms with Gasteiger partial charge in [0, 0.05) is 6.42 Å². The summed E-state index contributed by atoms with van der Waals surface area (Å²) in [6, 6.07) is 7.16. The highest BCUT2D eigenvalue weighted by Gasteiger charge is 2.24. The van der Waals surface area contributed by atoms with Crippen molar-refractivity contribution in [1.82, 2.24) is 4.90 Å². The van der Waals surface area contributed by atoms with Gasteiger partial charge in [-0.25, -0.2) is 0 Å². The van der Waals surface area contributed by atoms with E-state index in [1.807, 2.05) is 56.9 Å². The molecule has 1 N–H and O–H groups in total. The molecule has 0 bridgehead atoms. The second-order valence-corrected chi connectivity index (χ2v) is 5.05. The van der Waals surface area contributed by atoms with Gasteiger partial charge in [0.1, 0.15) is 11.8 Å². The number of hydrogen-bond donors (Lipinski definition) is 1. The predicted octanol–water partition coefficient (Wildman–Crippen LogP) is 2.81. The van der Waals surface area contributed by atoms with Crippen LogP contribution in [0.3, 0.4) is 0 Å². The summed E-state index contributed by atoms with van der Waals surface area (Å²) >= 11 is 0. The van der Waals surface area contributed by atoms with Crippen molar-refractivity contribution in [3.8, 4) is 5.75 Å². The Bertz CT molecular complexity index is 427. The van der Waals surface area contributed by atoms with Crippen LogP contribution >= 0.6 is 0 Å². The van der Waals surface area contributed by atoms with Gasteiger partial charge in [-0.15, -0.1) is 0 Å². The summed E-state index contributed by atoms with van der Waals surface area (Å²) in [4.78, 5) is 13.5. The summed E-state index contributed by atoms with van der Waals surface area (Å²) in [5.74, 6) is -0.00560. The third-order valence-electron chi connectivity index (χ3n) is 3.29. The molecule has 1 aromatic rings. The van der Waals surface area contributed by atoms with Crippen LogP contribution in [0.4, 0.5) is 0 Å². The van der Waals surface area contributed by atoms with Gasteiger partial charge in [-0.1, -0.05) is 32.0 Å². The topological polar surface area (TPSA) is 49.8 Å². The second kappa shape index (κ2) is 7.90. The Morgan fingerprint density at radius 2 is 1.85 bits per heavy atom. The van der Waals surface area contributed by atoms with E-state index in [9.17, 15) is 9.90 Å². The summed E-state index contributed by atoms with van der Waals surface area (Å²) in [6.07, 6.45) is 0.535. The number of ether oxygens (including phenoxy) is 1. The minimum Gasteiger partial charge on any atom is -0.491 e. The van der Waals surface area contributed by atoms with Crippen LogP contribution in [0.1, 0.15) is 33.3 Å². The third-order valence-corrected chi connectivity index (χ3v) is 3.29. The van der Waals surface area contributed by atoms with E-state index in [-0.39, 0.29) is 6.10 Å². The number of carbonyl (C=O) groups is 1. The van der Waals surface area contributed by atoms with E-state index in [1.54, 1.807) is 0 Å². The van der Waals surface area contributed by atoms with Crippen LogP contribution in [0.25, 0.3) is 0 Å². The van der Waals surface area contributed by atoms with E-state index in [4.69, 9.17) is 4.74 Å². The van der Waals surface area contributed by atoms with Crippen molar-refractivity contribution in [2.45, 2.75) is 46.3 Å². The van der Waals surface area contributed by atoms with Gasteiger partial charge in [0.2, 0.25) is 0 Å². The molecule has 0 aliphatic rings. The molecule has 0 aromatic heterocycles. The summed E-state index contributed by atoms with van der Waals surface area (Å²) in [5, 5.41) is 9.46. The van der Waals surface area contributed by atoms with E-state index >= 15 is 0 Å². The number of aliphatic carboxylic acids is 1. The Hall–Kier alpha value is -1.55. The van der Waals surface area contributed by atoms with Crippen LogP contribution < -0.4 is 4.74 Å². The number of carboxylic acids is 1. The summed E-state index contributed by atoms with van der Waals surface area (Å²) in [5.41, 5.74) is 0.945. The first-order valence-corrected chi connectivity index (χ1v) is 7.20. The van der Waals surface area contributed by atoms with Crippen LogP contribution in [0.15, 0.2) is 24.3 Å². The fourth-order valence-electron chi connectivity index (χ4n) is 2.29. The normalized spacial score (nSPS) is 12.7. The molecule has 0 fully saturated rings. The van der Waals surface area contributed by atoms with Crippen LogP contribution in [-0.2, 0) is 11.2 Å². The second-order valence-electron chi connectivity index (χ2n) is 5.05. The van der Waals surface area contributed by atoms with Crippen LogP contribution in [0.2, 0.25) is 0 Å². The average Bonchev–Trinajstić information content (AvgIpc) is 2.40. The lowest BCUT2D eigenvalue weighted by Gasteiger charge is -2.27. The van der Waals surface area contributed by atoms with Gasteiger partial charge in [0.05, 0.1) is 6.10 Å². The molecule has 0 amide bonds. The molecule has 20 heavy (non-hydrogen) atoms. The number of nitrogens with zero attached hydrogens (tertiary/aromatic N) is 1. The van der Waals surface area contributed by atoms with Crippen molar-refractivity contribution in [1.29, 1.82) is 0 Å². The molecule has 1 unspecified atom stereocenters. The maximum atomic E-state index is 11.5. The molecule has 0 aliphatic carbocycles. The highest BCUT2D eigenvalue weighted by molar-refractivity contribution is 5.74. The van der Waals surface area contributed by atoms with Crippen molar-refractivity contribution in [2.75, 3.05) is 13.1 Å². The van der Waals surface area contributed by atoms with E-state index < -0.39 is 12.0 Å². The summed E-state index contributed by atoms with van der Waals surface area (Å²) in [6.45, 7) is 9.35. The maximum absolute atomic E-state index is 11.5. The minimum atomic E-state index is -0.784. The van der Waals surface area contributed by atoms with Crippen molar-refractivity contribution in [2.24, 2.45) is 0 Å². The minimum absolute atomic E-state index is 0.0767. The molecule has 0 saturated carbocycles. The van der Waals surface area contributed by atoms with Crippen LogP contribution in [0.5, 0.6) is 5.75 Å². The Labute approximate surface area is 121 Å². The smallest absolute Gasteiger partial charge is 0.321 e. The van der Waals surface area contributed by atoms with Gasteiger partial charge in [-0.2, -0.15) is 0 Å². The average molecular weight is 279 g/mol. The molecule has 4 nitrogen and oxygen atoms in total. The molecule has 0 spiro atoms. The van der Waals surface area contributed by atoms with Gasteiger partial charge >= 0.3 is 5.97 Å². The van der Waals surface area contributed by atoms with Crippen LogP contribution in [0, 0.1) is 0 Å². The zero-order valence-electron chi connectivity index (χ0n) is 12.8. The number of benzene rings is 1. The number of para-hydroxylation sites is 1. The van der Waals surface area contributed by atoms with Gasteiger partial charge in [-0.05, 0) is 38.6 Å². The zero-order valence-corrected chi connectivity index (χ0v) is 12.8. The van der Waals surface area contributed by atoms with E-state index in [1.165, 1.54) is 0 Å². The fourth-order valence-corrected chi connectivity index (χ4v) is 2.29. The summed E-state index contributed by atoms with van der Waals surface area (Å²) < 4.78 is 5.76. The molecule has 1 rings (SSSR count). The van der Waals surface area contributed by atoms with Gasteiger partial charge < -0.3 is 9.84 Å². The number of carboxylic acid groups (broad SMARTS) is 1. The predicted molar refractivity (Wildman–Crippen MR) is 80.3 cm³/mol. The molecule has 1 atom stereocenters. The first-order valence-electron chi connectivity index (χ1n) is 7.20. The third kappa shape index (κ3) is 4.53. The SMILES string of the molecule is CCN(CC)C(Cc1ccccc1OC(C)C)C(=O)O. The number of hydrogen-bond acceptors (Lipinski definition) is 3. The first kappa shape index (κ1) is 16.5. The monoisotopic (exact) mass is 279 g/mol. The van der Waals surface area contributed by atoms with E-state index in [0.717, 1.165) is 24.4 Å². The van der Waals surface area contributed by atoms with Gasteiger partial charge in [0.15, 0.2) is 0 Å². The zero-order chi connectivity index (χ0) is 15.1. The van der Waals surface area contributed by atoms with Crippen molar-refractivity contribution in [3.05, 3.63) is 29.8 Å². The van der Waals surface area contributed by atoms with Crippen LogP contribution in [-0.4, -0.2) is 41.2 Å². The Balaban J connectivity index is 2.96. The van der Waals surface area contributed by atoms with Crippen molar-refractivity contribution < 1.29 is 14.6 Å². The molecule has 4 heteroatoms. The molecular formula is C16H25NO3. The van der Waals surface area contributed by atoms with E-state index in [0.29, 0.717) is 6.42 Å². The fraction of sp³-hybridized carbons (Fsp3) is 0.562. The molecule has 1 aromatic carbocycles. The summed E-state index contributed by atoms with van der Waals surface area (Å²) in [7, 11) is 0. The van der Waals surface area contributed by atoms with Crippen molar-refractivity contribution in [3.63, 3.8) is 0 Å². The molecule has 0 saturated heterocycles. The highest BCUT2D eigenvalue weighted by Crippen LogP contribution is 2.22. The molecule has 112 valence electrons. The maximum Gasteiger partial charge on any atom is 0.321 e. The van der Waals surface area contributed by atoms with Gasteiger partial charge in [0.25, 0.3) is 0 Å².